The summed E-state index contributed by atoms with van der Waals surface area (Å²) < 4.78 is 0. The van der Waals surface area contributed by atoms with Crippen molar-refractivity contribution in [1.82, 2.24) is 20.7 Å². The Morgan fingerprint density at radius 3 is 2.92 bits per heavy atom. The monoisotopic (exact) mass is 180 g/mol. The van der Waals surface area contributed by atoms with E-state index in [1.807, 2.05) is 0 Å². The largest absolute Gasteiger partial charge is 0.306 e. The van der Waals surface area contributed by atoms with E-state index in [-0.39, 0.29) is 6.04 Å². The van der Waals surface area contributed by atoms with Gasteiger partial charge in [-0.2, -0.15) is 15.4 Å². The van der Waals surface area contributed by atoms with Gasteiger partial charge < -0.3 is 5.32 Å². The van der Waals surface area contributed by atoms with Gasteiger partial charge in [0.1, 0.15) is 5.69 Å². The SMILES string of the molecule is CCNC(C=C(C)C)c1cn[nH]n1. The number of likely N-dealkylation sites (N-methyl/N-ethyl adjacent to an activating group) is 1. The lowest BCUT2D eigenvalue weighted by atomic mass is 10.1. The van der Waals surface area contributed by atoms with Crippen molar-refractivity contribution < 1.29 is 0 Å². The van der Waals surface area contributed by atoms with E-state index in [0.29, 0.717) is 0 Å². The summed E-state index contributed by atoms with van der Waals surface area (Å²) in [5.74, 6) is 0. The number of nitrogens with zero attached hydrogens (tertiary/aromatic N) is 2. The number of aromatic nitrogens is 3. The Morgan fingerprint density at radius 1 is 1.69 bits per heavy atom. The molecule has 13 heavy (non-hydrogen) atoms. The molecule has 0 aliphatic heterocycles. The summed E-state index contributed by atoms with van der Waals surface area (Å²) >= 11 is 0. The molecule has 0 aliphatic carbocycles. The van der Waals surface area contributed by atoms with E-state index >= 15 is 0 Å². The second-order valence-electron chi connectivity index (χ2n) is 3.17. The maximum absolute atomic E-state index is 4.05. The van der Waals surface area contributed by atoms with Gasteiger partial charge in [-0.25, -0.2) is 0 Å². The fourth-order valence-corrected chi connectivity index (χ4v) is 1.16. The van der Waals surface area contributed by atoms with Crippen molar-refractivity contribution in [3.63, 3.8) is 0 Å². The van der Waals surface area contributed by atoms with E-state index in [2.05, 4.69) is 47.6 Å². The minimum Gasteiger partial charge on any atom is -0.306 e. The zero-order valence-corrected chi connectivity index (χ0v) is 8.33. The van der Waals surface area contributed by atoms with Crippen molar-refractivity contribution in [3.8, 4) is 0 Å². The molecule has 0 saturated heterocycles. The zero-order chi connectivity index (χ0) is 9.68. The van der Waals surface area contributed by atoms with E-state index in [9.17, 15) is 0 Å². The molecule has 1 rings (SSSR count). The van der Waals surface area contributed by atoms with Crippen LogP contribution in [0.4, 0.5) is 0 Å². The minimum atomic E-state index is 0.175. The van der Waals surface area contributed by atoms with Crippen molar-refractivity contribution in [1.29, 1.82) is 0 Å². The molecule has 0 bridgehead atoms. The van der Waals surface area contributed by atoms with E-state index in [4.69, 9.17) is 0 Å². The van der Waals surface area contributed by atoms with Crippen LogP contribution >= 0.6 is 0 Å². The number of nitrogens with one attached hydrogen (secondary N) is 2. The van der Waals surface area contributed by atoms with Crippen LogP contribution in [0, 0.1) is 0 Å². The minimum absolute atomic E-state index is 0.175. The Labute approximate surface area is 78.4 Å². The maximum Gasteiger partial charge on any atom is 0.103 e. The molecule has 4 nitrogen and oxygen atoms in total. The van der Waals surface area contributed by atoms with Crippen molar-refractivity contribution >= 4 is 0 Å². The summed E-state index contributed by atoms with van der Waals surface area (Å²) in [6, 6.07) is 0.175. The van der Waals surface area contributed by atoms with Crippen LogP contribution in [0.15, 0.2) is 17.8 Å². The van der Waals surface area contributed by atoms with Gasteiger partial charge in [-0.3, -0.25) is 0 Å². The van der Waals surface area contributed by atoms with E-state index in [1.54, 1.807) is 6.20 Å². The maximum atomic E-state index is 4.05. The first kappa shape index (κ1) is 9.92. The van der Waals surface area contributed by atoms with Crippen LogP contribution in [-0.2, 0) is 0 Å². The first-order chi connectivity index (χ1) is 6.24. The van der Waals surface area contributed by atoms with Gasteiger partial charge in [-0.1, -0.05) is 18.6 Å². The summed E-state index contributed by atoms with van der Waals surface area (Å²) in [6.07, 6.45) is 3.88. The molecule has 0 aliphatic rings. The van der Waals surface area contributed by atoms with E-state index in [1.165, 1.54) is 5.57 Å². The fraction of sp³-hybridized carbons (Fsp3) is 0.556. The molecule has 0 radical (unpaired) electrons. The Hall–Kier alpha value is -1.16. The van der Waals surface area contributed by atoms with Gasteiger partial charge in [0.05, 0.1) is 12.2 Å². The molecule has 1 heterocycles. The molecule has 1 aromatic heterocycles. The van der Waals surface area contributed by atoms with Crippen LogP contribution in [0.1, 0.15) is 32.5 Å². The number of H-pyrrole nitrogens is 1. The third-order valence-corrected chi connectivity index (χ3v) is 1.68. The second-order valence-corrected chi connectivity index (χ2v) is 3.17. The van der Waals surface area contributed by atoms with Gasteiger partial charge in [0.25, 0.3) is 0 Å². The number of allylic oxidation sites excluding steroid dienone is 1. The van der Waals surface area contributed by atoms with Gasteiger partial charge in [0.15, 0.2) is 0 Å². The highest BCUT2D eigenvalue weighted by molar-refractivity contribution is 5.12. The smallest absolute Gasteiger partial charge is 0.103 e. The van der Waals surface area contributed by atoms with Crippen molar-refractivity contribution in [2.24, 2.45) is 0 Å². The standard InChI is InChI=1S/C9H16N4/c1-4-10-8(5-7(2)3)9-6-11-13-12-9/h5-6,8,10H,4H2,1-3H3,(H,11,12,13). The molecule has 0 aromatic carbocycles. The quantitative estimate of drug-likeness (QED) is 0.689. The first-order valence-corrected chi connectivity index (χ1v) is 4.48. The average molecular weight is 180 g/mol. The summed E-state index contributed by atoms with van der Waals surface area (Å²) in [7, 11) is 0. The van der Waals surface area contributed by atoms with Crippen LogP contribution in [0.25, 0.3) is 0 Å². The topological polar surface area (TPSA) is 53.6 Å². The second kappa shape index (κ2) is 4.77. The van der Waals surface area contributed by atoms with Crippen molar-refractivity contribution in [2.45, 2.75) is 26.8 Å². The van der Waals surface area contributed by atoms with Crippen LogP contribution in [0.3, 0.4) is 0 Å². The lowest BCUT2D eigenvalue weighted by Crippen LogP contribution is -2.19. The molecule has 0 fully saturated rings. The van der Waals surface area contributed by atoms with Gasteiger partial charge in [-0.05, 0) is 20.4 Å². The predicted molar refractivity (Wildman–Crippen MR) is 52.2 cm³/mol. The molecule has 0 spiro atoms. The normalized spacial score (nSPS) is 12.5. The Balaban J connectivity index is 2.74. The predicted octanol–water partition coefficient (Wildman–Crippen LogP) is 1.42. The molecule has 1 unspecified atom stereocenters. The average Bonchev–Trinajstić information content (AvgIpc) is 2.54. The van der Waals surface area contributed by atoms with E-state index in [0.717, 1.165) is 12.2 Å². The van der Waals surface area contributed by atoms with Gasteiger partial charge >= 0.3 is 0 Å². The highest BCUT2D eigenvalue weighted by Crippen LogP contribution is 2.11. The summed E-state index contributed by atoms with van der Waals surface area (Å²) in [4.78, 5) is 0. The summed E-state index contributed by atoms with van der Waals surface area (Å²) in [6.45, 7) is 7.14. The zero-order valence-electron chi connectivity index (χ0n) is 8.33. The highest BCUT2D eigenvalue weighted by Gasteiger charge is 2.08. The van der Waals surface area contributed by atoms with Crippen LogP contribution in [0.5, 0.6) is 0 Å². The number of rotatable bonds is 4. The van der Waals surface area contributed by atoms with Gasteiger partial charge in [-0.15, -0.1) is 0 Å². The Kier molecular flexibility index (Phi) is 3.64. The van der Waals surface area contributed by atoms with Crippen molar-refractivity contribution in [3.05, 3.63) is 23.5 Å². The summed E-state index contributed by atoms with van der Waals surface area (Å²) in [5, 5.41) is 13.8. The molecule has 2 N–H and O–H groups in total. The molecule has 0 amide bonds. The lowest BCUT2D eigenvalue weighted by Gasteiger charge is -2.10. The molecule has 1 aromatic rings. The van der Waals surface area contributed by atoms with Gasteiger partial charge in [0.2, 0.25) is 0 Å². The van der Waals surface area contributed by atoms with Crippen LogP contribution in [-0.4, -0.2) is 22.0 Å². The van der Waals surface area contributed by atoms with Gasteiger partial charge in [0, 0.05) is 0 Å². The Bertz CT molecular complexity index is 259. The van der Waals surface area contributed by atoms with Crippen LogP contribution < -0.4 is 5.32 Å². The molecule has 1 atom stereocenters. The summed E-state index contributed by atoms with van der Waals surface area (Å²) in [5.41, 5.74) is 2.21. The van der Waals surface area contributed by atoms with Crippen LogP contribution in [0.2, 0.25) is 0 Å². The first-order valence-electron chi connectivity index (χ1n) is 4.48. The number of aromatic amines is 1. The highest BCUT2D eigenvalue weighted by atomic mass is 15.3. The Morgan fingerprint density at radius 2 is 2.46 bits per heavy atom. The van der Waals surface area contributed by atoms with E-state index < -0.39 is 0 Å². The molecule has 0 saturated carbocycles. The third kappa shape index (κ3) is 2.99. The lowest BCUT2D eigenvalue weighted by molar-refractivity contribution is 0.627. The molecular formula is C9H16N4. The fourth-order valence-electron chi connectivity index (χ4n) is 1.16. The molecule has 72 valence electrons. The molecule has 4 heteroatoms. The molecular weight excluding hydrogens is 164 g/mol. The third-order valence-electron chi connectivity index (χ3n) is 1.68. The number of hydrogen-bond acceptors (Lipinski definition) is 3. The van der Waals surface area contributed by atoms with Crippen molar-refractivity contribution in [2.75, 3.05) is 6.54 Å². The number of hydrogen-bond donors (Lipinski definition) is 2.